The lowest BCUT2D eigenvalue weighted by atomic mass is 10.1. The van der Waals surface area contributed by atoms with E-state index in [1.54, 1.807) is 7.05 Å². The van der Waals surface area contributed by atoms with Gasteiger partial charge in [-0.05, 0) is 43.7 Å². The zero-order chi connectivity index (χ0) is 19.4. The van der Waals surface area contributed by atoms with Crippen LogP contribution in [0.5, 0.6) is 0 Å². The summed E-state index contributed by atoms with van der Waals surface area (Å²) in [6, 6.07) is 14.3. The Labute approximate surface area is 183 Å². The van der Waals surface area contributed by atoms with Gasteiger partial charge in [0, 0.05) is 33.1 Å². The molecule has 0 radical (unpaired) electrons. The van der Waals surface area contributed by atoms with Crippen molar-refractivity contribution in [2.75, 3.05) is 26.0 Å². The van der Waals surface area contributed by atoms with Crippen LogP contribution in [0.1, 0.15) is 30.0 Å². The van der Waals surface area contributed by atoms with Crippen LogP contribution in [0.4, 0.5) is 5.82 Å². The van der Waals surface area contributed by atoms with Crippen LogP contribution in [0.25, 0.3) is 10.9 Å². The molecule has 0 spiro atoms. The van der Waals surface area contributed by atoms with Crippen LogP contribution >= 0.6 is 24.0 Å². The average molecular weight is 493 g/mol. The number of aliphatic imine (C=N–C) groups is 1. The van der Waals surface area contributed by atoms with Crippen molar-refractivity contribution in [3.63, 3.8) is 0 Å². The number of hydrogen-bond donors (Lipinski definition) is 2. The van der Waals surface area contributed by atoms with Crippen LogP contribution in [0.15, 0.2) is 51.9 Å². The number of aryl methyl sites for hydroxylation is 1. The molecule has 7 heteroatoms. The number of benzene rings is 1. The predicted octanol–water partition coefficient (Wildman–Crippen LogP) is 4.25. The van der Waals surface area contributed by atoms with Crippen molar-refractivity contribution in [3.05, 3.63) is 59.5 Å². The first kappa shape index (κ1) is 22.0. The van der Waals surface area contributed by atoms with E-state index in [9.17, 15) is 0 Å². The summed E-state index contributed by atoms with van der Waals surface area (Å²) >= 11 is 0. The van der Waals surface area contributed by atoms with Gasteiger partial charge in [0.25, 0.3) is 0 Å². The summed E-state index contributed by atoms with van der Waals surface area (Å²) in [5, 5.41) is 7.91. The molecule has 1 unspecified atom stereocenters. The SMILES string of the molecule is CN=C(NCc1cc(N(C)C)nc2ccccc12)NC(C)c1ccc(C)o1.I. The molecule has 6 nitrogen and oxygen atoms in total. The first-order valence-corrected chi connectivity index (χ1v) is 9.07. The summed E-state index contributed by atoms with van der Waals surface area (Å²) in [6.07, 6.45) is 0. The van der Waals surface area contributed by atoms with Crippen LogP contribution in [0.3, 0.4) is 0 Å². The Morgan fingerprint density at radius 2 is 1.96 bits per heavy atom. The lowest BCUT2D eigenvalue weighted by Gasteiger charge is -2.18. The Hall–Kier alpha value is -2.29. The Kier molecular flexibility index (Phi) is 7.68. The first-order chi connectivity index (χ1) is 13.0. The van der Waals surface area contributed by atoms with Crippen LogP contribution in [-0.2, 0) is 6.54 Å². The zero-order valence-electron chi connectivity index (χ0n) is 17.0. The van der Waals surface area contributed by atoms with Crippen molar-refractivity contribution in [2.45, 2.75) is 26.4 Å². The molecule has 1 atom stereocenters. The molecule has 0 aliphatic heterocycles. The summed E-state index contributed by atoms with van der Waals surface area (Å²) in [5.74, 6) is 3.46. The summed E-state index contributed by atoms with van der Waals surface area (Å²) in [6.45, 7) is 4.64. The molecular formula is C21H28IN5O. The van der Waals surface area contributed by atoms with E-state index in [1.165, 1.54) is 5.56 Å². The standard InChI is InChI=1S/C21H27N5O.HI/c1-14-10-11-19(27-14)15(2)24-21(22-3)23-13-16-12-20(26(4)5)25-18-9-7-6-8-17(16)18;/h6-12,15H,13H2,1-5H3,(H2,22,23,24);1H. The summed E-state index contributed by atoms with van der Waals surface area (Å²) in [7, 11) is 5.77. The largest absolute Gasteiger partial charge is 0.464 e. The third-order valence-electron chi connectivity index (χ3n) is 4.46. The Morgan fingerprint density at radius 3 is 2.61 bits per heavy atom. The Balaban J connectivity index is 0.00000280. The third-order valence-corrected chi connectivity index (χ3v) is 4.46. The van der Waals surface area contributed by atoms with Crippen LogP contribution in [0.2, 0.25) is 0 Å². The van der Waals surface area contributed by atoms with Crippen molar-refractivity contribution in [1.29, 1.82) is 0 Å². The van der Waals surface area contributed by atoms with Crippen molar-refractivity contribution in [2.24, 2.45) is 4.99 Å². The number of fused-ring (bicyclic) bond motifs is 1. The molecule has 0 bridgehead atoms. The minimum Gasteiger partial charge on any atom is -0.464 e. The van der Waals surface area contributed by atoms with Gasteiger partial charge in [0.2, 0.25) is 0 Å². The molecule has 2 heterocycles. The molecule has 1 aromatic carbocycles. The minimum atomic E-state index is 0. The van der Waals surface area contributed by atoms with Crippen LogP contribution < -0.4 is 15.5 Å². The maximum atomic E-state index is 5.69. The highest BCUT2D eigenvalue weighted by Gasteiger charge is 2.12. The van der Waals surface area contributed by atoms with Gasteiger partial charge in [-0.3, -0.25) is 4.99 Å². The predicted molar refractivity (Wildman–Crippen MR) is 127 cm³/mol. The fourth-order valence-corrected chi connectivity index (χ4v) is 2.94. The molecule has 150 valence electrons. The van der Waals surface area contributed by atoms with Gasteiger partial charge < -0.3 is 20.0 Å². The summed E-state index contributed by atoms with van der Waals surface area (Å²) in [4.78, 5) is 11.1. The number of rotatable bonds is 5. The molecule has 3 rings (SSSR count). The number of furan rings is 1. The van der Waals surface area contributed by atoms with E-state index in [4.69, 9.17) is 9.40 Å². The number of anilines is 1. The van der Waals surface area contributed by atoms with Crippen molar-refractivity contribution in [1.82, 2.24) is 15.6 Å². The van der Waals surface area contributed by atoms with Crippen molar-refractivity contribution < 1.29 is 4.42 Å². The molecule has 0 aliphatic rings. The van der Waals surface area contributed by atoms with Crippen molar-refractivity contribution >= 4 is 46.7 Å². The van der Waals surface area contributed by atoms with Crippen LogP contribution in [0, 0.1) is 6.92 Å². The molecule has 28 heavy (non-hydrogen) atoms. The van der Waals surface area contributed by atoms with Gasteiger partial charge in [0.1, 0.15) is 17.3 Å². The van der Waals surface area contributed by atoms with E-state index in [0.717, 1.165) is 34.2 Å². The van der Waals surface area contributed by atoms with E-state index in [-0.39, 0.29) is 30.0 Å². The highest BCUT2D eigenvalue weighted by Crippen LogP contribution is 2.22. The molecular weight excluding hydrogens is 465 g/mol. The third kappa shape index (κ3) is 5.15. The molecule has 0 amide bonds. The molecule has 2 aromatic heterocycles. The second-order valence-corrected chi connectivity index (χ2v) is 6.79. The average Bonchev–Trinajstić information content (AvgIpc) is 3.11. The molecule has 0 aliphatic carbocycles. The summed E-state index contributed by atoms with van der Waals surface area (Å²) in [5.41, 5.74) is 2.16. The van der Waals surface area contributed by atoms with Gasteiger partial charge in [0.05, 0.1) is 11.6 Å². The molecule has 0 saturated heterocycles. The maximum absolute atomic E-state index is 5.69. The minimum absolute atomic E-state index is 0. The van der Waals surface area contributed by atoms with E-state index in [2.05, 4.69) is 34.7 Å². The monoisotopic (exact) mass is 493 g/mol. The number of nitrogens with zero attached hydrogens (tertiary/aromatic N) is 3. The lowest BCUT2D eigenvalue weighted by molar-refractivity contribution is 0.441. The number of hydrogen-bond acceptors (Lipinski definition) is 4. The van der Waals surface area contributed by atoms with Gasteiger partial charge in [0.15, 0.2) is 5.96 Å². The van der Waals surface area contributed by atoms with E-state index in [1.807, 2.05) is 56.3 Å². The van der Waals surface area contributed by atoms with Gasteiger partial charge in [-0.25, -0.2) is 4.98 Å². The van der Waals surface area contributed by atoms with E-state index in [0.29, 0.717) is 6.54 Å². The van der Waals surface area contributed by atoms with Gasteiger partial charge in [-0.15, -0.1) is 24.0 Å². The molecule has 3 aromatic rings. The van der Waals surface area contributed by atoms with Crippen molar-refractivity contribution in [3.8, 4) is 0 Å². The van der Waals surface area contributed by atoms with E-state index >= 15 is 0 Å². The fourth-order valence-electron chi connectivity index (χ4n) is 2.94. The highest BCUT2D eigenvalue weighted by atomic mass is 127. The first-order valence-electron chi connectivity index (χ1n) is 9.07. The van der Waals surface area contributed by atoms with E-state index < -0.39 is 0 Å². The Bertz CT molecular complexity index is 951. The number of guanidine groups is 1. The number of para-hydroxylation sites is 1. The number of aromatic nitrogens is 1. The zero-order valence-corrected chi connectivity index (χ0v) is 19.3. The number of nitrogens with one attached hydrogen (secondary N) is 2. The quantitative estimate of drug-likeness (QED) is 0.316. The van der Waals surface area contributed by atoms with Crippen LogP contribution in [-0.4, -0.2) is 32.1 Å². The van der Waals surface area contributed by atoms with Gasteiger partial charge in [-0.1, -0.05) is 18.2 Å². The summed E-state index contributed by atoms with van der Waals surface area (Å²) < 4.78 is 5.69. The second kappa shape index (κ2) is 9.77. The lowest BCUT2D eigenvalue weighted by Crippen LogP contribution is -2.38. The second-order valence-electron chi connectivity index (χ2n) is 6.79. The Morgan fingerprint density at radius 1 is 1.21 bits per heavy atom. The maximum Gasteiger partial charge on any atom is 0.191 e. The highest BCUT2D eigenvalue weighted by molar-refractivity contribution is 14.0. The number of halogens is 1. The molecule has 0 fully saturated rings. The van der Waals surface area contributed by atoms with Gasteiger partial charge in [-0.2, -0.15) is 0 Å². The molecule has 2 N–H and O–H groups in total. The fraction of sp³-hybridized carbons (Fsp3) is 0.333. The molecule has 0 saturated carbocycles. The topological polar surface area (TPSA) is 65.7 Å². The number of pyridine rings is 1. The normalized spacial score (nSPS) is 12.4. The van der Waals surface area contributed by atoms with Gasteiger partial charge >= 0.3 is 0 Å². The smallest absolute Gasteiger partial charge is 0.191 e.